The van der Waals surface area contributed by atoms with Crippen molar-refractivity contribution in [3.63, 3.8) is 0 Å². The number of methoxy groups -OCH3 is 1. The first-order valence-corrected chi connectivity index (χ1v) is 14.3. The molecule has 10 atom stereocenters. The Kier molecular flexibility index (Phi) is 7.23. The number of hydrogen-bond donors (Lipinski definition) is 0. The lowest BCUT2D eigenvalue weighted by Gasteiger charge is -2.61. The van der Waals surface area contributed by atoms with Crippen molar-refractivity contribution in [3.05, 3.63) is 0 Å². The third-order valence-corrected chi connectivity index (χ3v) is 12.2. The largest absolute Gasteiger partial charge is 0.381 e. The predicted octanol–water partition coefficient (Wildman–Crippen LogP) is 8.76. The maximum Gasteiger partial charge on any atom is 0.0574 e. The van der Waals surface area contributed by atoms with Gasteiger partial charge in [0.05, 0.1) is 6.10 Å². The van der Waals surface area contributed by atoms with Crippen molar-refractivity contribution in [1.82, 2.24) is 0 Å². The lowest BCUT2D eigenvalue weighted by Crippen LogP contribution is -2.54. The Morgan fingerprint density at radius 2 is 1.55 bits per heavy atom. The Morgan fingerprint density at radius 1 is 0.839 bits per heavy atom. The molecule has 4 saturated carbocycles. The average molecular weight is 431 g/mol. The molecule has 10 unspecified atom stereocenters. The number of rotatable bonds is 7. The van der Waals surface area contributed by atoms with Crippen LogP contribution < -0.4 is 0 Å². The van der Waals surface area contributed by atoms with Gasteiger partial charge in [-0.25, -0.2) is 0 Å². The minimum absolute atomic E-state index is 0.540. The highest BCUT2D eigenvalue weighted by atomic mass is 16.5. The van der Waals surface area contributed by atoms with Gasteiger partial charge in [0.2, 0.25) is 0 Å². The highest BCUT2D eigenvalue weighted by Gasteiger charge is 2.60. The second-order valence-corrected chi connectivity index (χ2v) is 13.5. The molecule has 0 bridgehead atoms. The maximum absolute atomic E-state index is 5.81. The Bertz CT molecular complexity index is 597. The molecule has 0 radical (unpaired) electrons. The molecule has 1 nitrogen and oxygen atoms in total. The Balaban J connectivity index is 1.44. The quantitative estimate of drug-likeness (QED) is 0.392. The van der Waals surface area contributed by atoms with Gasteiger partial charge in [-0.2, -0.15) is 0 Å². The van der Waals surface area contributed by atoms with Gasteiger partial charge in [0.1, 0.15) is 0 Å². The van der Waals surface area contributed by atoms with Crippen LogP contribution in [0.4, 0.5) is 0 Å². The van der Waals surface area contributed by atoms with Crippen LogP contribution >= 0.6 is 0 Å². The summed E-state index contributed by atoms with van der Waals surface area (Å²) in [4.78, 5) is 0. The topological polar surface area (TPSA) is 9.23 Å². The molecule has 4 aliphatic carbocycles. The summed E-state index contributed by atoms with van der Waals surface area (Å²) < 4.78 is 5.81. The smallest absolute Gasteiger partial charge is 0.0574 e. The van der Waals surface area contributed by atoms with Gasteiger partial charge in [0.15, 0.2) is 0 Å². The van der Waals surface area contributed by atoms with Crippen LogP contribution in [0, 0.1) is 58.2 Å². The summed E-state index contributed by atoms with van der Waals surface area (Å²) >= 11 is 0. The first-order chi connectivity index (χ1) is 14.7. The van der Waals surface area contributed by atoms with Crippen molar-refractivity contribution in [1.29, 1.82) is 0 Å². The molecule has 0 N–H and O–H groups in total. The Labute approximate surface area is 194 Å². The normalized spacial score (nSPS) is 46.8. The van der Waals surface area contributed by atoms with Gasteiger partial charge in [-0.1, -0.05) is 54.4 Å². The van der Waals surface area contributed by atoms with Crippen LogP contribution in [0.15, 0.2) is 0 Å². The van der Waals surface area contributed by atoms with Crippen molar-refractivity contribution in [2.75, 3.05) is 7.11 Å². The summed E-state index contributed by atoms with van der Waals surface area (Å²) in [5.74, 6) is 7.65. The molecule has 4 aliphatic rings. The van der Waals surface area contributed by atoms with Crippen LogP contribution in [0.2, 0.25) is 0 Å². The predicted molar refractivity (Wildman–Crippen MR) is 133 cm³/mol. The van der Waals surface area contributed by atoms with E-state index in [1.807, 2.05) is 7.11 Å². The molecule has 0 saturated heterocycles. The lowest BCUT2D eigenvalue weighted by atomic mass is 9.44. The third-order valence-electron chi connectivity index (χ3n) is 12.2. The molecule has 0 aromatic heterocycles. The number of fused-ring (bicyclic) bond motifs is 5. The molecule has 180 valence electrons. The second kappa shape index (κ2) is 9.31. The zero-order valence-electron chi connectivity index (χ0n) is 22.1. The minimum Gasteiger partial charge on any atom is -0.381 e. The summed E-state index contributed by atoms with van der Waals surface area (Å²) in [6, 6.07) is 0. The van der Waals surface area contributed by atoms with Gasteiger partial charge in [0.25, 0.3) is 0 Å². The van der Waals surface area contributed by atoms with Gasteiger partial charge < -0.3 is 4.74 Å². The zero-order chi connectivity index (χ0) is 22.4. The Hall–Kier alpha value is -0.0400. The monoisotopic (exact) mass is 430 g/mol. The third kappa shape index (κ3) is 4.17. The minimum atomic E-state index is 0.540. The first-order valence-electron chi connectivity index (χ1n) is 14.3. The van der Waals surface area contributed by atoms with Gasteiger partial charge in [0, 0.05) is 7.11 Å². The zero-order valence-corrected chi connectivity index (χ0v) is 22.1. The fourth-order valence-corrected chi connectivity index (χ4v) is 10.1. The Morgan fingerprint density at radius 3 is 2.23 bits per heavy atom. The molecule has 0 aliphatic heterocycles. The van der Waals surface area contributed by atoms with E-state index in [1.165, 1.54) is 77.0 Å². The van der Waals surface area contributed by atoms with Crippen molar-refractivity contribution < 1.29 is 4.74 Å². The summed E-state index contributed by atoms with van der Waals surface area (Å²) in [7, 11) is 1.94. The van der Waals surface area contributed by atoms with Crippen LogP contribution in [-0.2, 0) is 4.74 Å². The summed E-state index contributed by atoms with van der Waals surface area (Å²) in [5.41, 5.74) is 1.24. The van der Waals surface area contributed by atoms with Crippen LogP contribution in [-0.4, -0.2) is 13.2 Å². The van der Waals surface area contributed by atoms with E-state index in [9.17, 15) is 0 Å². The molecule has 0 amide bonds. The summed E-state index contributed by atoms with van der Waals surface area (Å²) in [6.07, 6.45) is 18.0. The van der Waals surface area contributed by atoms with E-state index in [0.717, 1.165) is 47.3 Å². The lowest BCUT2D eigenvalue weighted by molar-refractivity contribution is -0.133. The van der Waals surface area contributed by atoms with Crippen molar-refractivity contribution in [2.45, 2.75) is 125 Å². The van der Waals surface area contributed by atoms with E-state index in [0.29, 0.717) is 16.9 Å². The second-order valence-electron chi connectivity index (χ2n) is 13.5. The molecular formula is C30H54O. The van der Waals surface area contributed by atoms with Gasteiger partial charge in [-0.15, -0.1) is 0 Å². The molecule has 0 spiro atoms. The van der Waals surface area contributed by atoms with Crippen LogP contribution in [0.25, 0.3) is 0 Å². The molecule has 0 aromatic carbocycles. The summed E-state index contributed by atoms with van der Waals surface area (Å²) in [5, 5.41) is 0. The van der Waals surface area contributed by atoms with E-state index in [-0.39, 0.29) is 0 Å². The van der Waals surface area contributed by atoms with Crippen LogP contribution in [0.3, 0.4) is 0 Å². The molecule has 31 heavy (non-hydrogen) atoms. The van der Waals surface area contributed by atoms with E-state index in [2.05, 4.69) is 41.5 Å². The highest BCUT2D eigenvalue weighted by molar-refractivity contribution is 5.09. The molecular weight excluding hydrogens is 376 g/mol. The highest BCUT2D eigenvalue weighted by Crippen LogP contribution is 2.68. The number of ether oxygens (including phenoxy) is 1. The molecule has 4 fully saturated rings. The van der Waals surface area contributed by atoms with Gasteiger partial charge in [-0.05, 0) is 122 Å². The number of hydrogen-bond acceptors (Lipinski definition) is 1. The van der Waals surface area contributed by atoms with E-state index < -0.39 is 0 Å². The standard InChI is InChI=1S/C30H54O/c1-8-22(20(2)3)10-9-21(4)26-13-14-27-25-12-11-23-19-24(31-7)15-17-29(23,5)28(25)16-18-30(26,27)6/h20-28H,8-19H2,1-7H3. The molecule has 4 rings (SSSR count). The molecule has 0 heterocycles. The maximum atomic E-state index is 5.81. The SMILES string of the molecule is CCC(CCC(C)C1CCC2C3CCC4CC(OC)CCC4(C)C3CCC12C)C(C)C. The van der Waals surface area contributed by atoms with Gasteiger partial charge in [-0.3, -0.25) is 0 Å². The van der Waals surface area contributed by atoms with Gasteiger partial charge >= 0.3 is 0 Å². The fourth-order valence-electron chi connectivity index (χ4n) is 10.1. The average Bonchev–Trinajstić information content (AvgIpc) is 3.10. The van der Waals surface area contributed by atoms with Crippen molar-refractivity contribution in [3.8, 4) is 0 Å². The molecule has 0 aromatic rings. The van der Waals surface area contributed by atoms with E-state index in [1.54, 1.807) is 0 Å². The van der Waals surface area contributed by atoms with E-state index >= 15 is 0 Å². The van der Waals surface area contributed by atoms with Crippen LogP contribution in [0.5, 0.6) is 0 Å². The molecule has 1 heteroatoms. The van der Waals surface area contributed by atoms with Crippen LogP contribution in [0.1, 0.15) is 119 Å². The first kappa shape index (κ1) is 24.1. The van der Waals surface area contributed by atoms with Crippen molar-refractivity contribution >= 4 is 0 Å². The van der Waals surface area contributed by atoms with Crippen molar-refractivity contribution in [2.24, 2.45) is 58.2 Å². The van der Waals surface area contributed by atoms with E-state index in [4.69, 9.17) is 4.74 Å². The summed E-state index contributed by atoms with van der Waals surface area (Å²) in [6.45, 7) is 15.4. The fraction of sp³-hybridized carbons (Fsp3) is 1.00.